The fourth-order valence-electron chi connectivity index (χ4n) is 2.93. The number of nitrogens with zero attached hydrogens (tertiary/aromatic N) is 3. The van der Waals surface area contributed by atoms with Crippen LogP contribution in [0.15, 0.2) is 12.4 Å². The first-order valence-corrected chi connectivity index (χ1v) is 8.02. The number of nitrogens with one attached hydrogen (secondary N) is 1. The molecule has 0 spiro atoms. The minimum atomic E-state index is 0.181. The molecule has 1 saturated heterocycles. The molecule has 0 amide bonds. The van der Waals surface area contributed by atoms with Crippen molar-refractivity contribution in [3.05, 3.63) is 12.4 Å². The van der Waals surface area contributed by atoms with Crippen LogP contribution in [0.3, 0.4) is 0 Å². The van der Waals surface area contributed by atoms with Gasteiger partial charge in [-0.05, 0) is 19.3 Å². The van der Waals surface area contributed by atoms with Crippen molar-refractivity contribution in [3.63, 3.8) is 0 Å². The number of aromatic nitrogens is 2. The summed E-state index contributed by atoms with van der Waals surface area (Å²) in [5.74, 6) is 0.612. The second kappa shape index (κ2) is 6.79. The molecule has 0 saturated carbocycles. The summed E-state index contributed by atoms with van der Waals surface area (Å²) < 4.78 is 7.10. The molecule has 0 aliphatic carbocycles. The van der Waals surface area contributed by atoms with Crippen molar-refractivity contribution >= 4 is 5.69 Å². The van der Waals surface area contributed by atoms with Gasteiger partial charge in [0.15, 0.2) is 0 Å². The van der Waals surface area contributed by atoms with Gasteiger partial charge in [-0.2, -0.15) is 5.10 Å². The summed E-state index contributed by atoms with van der Waals surface area (Å²) in [6, 6.07) is 0.518. The summed E-state index contributed by atoms with van der Waals surface area (Å²) in [6.45, 7) is 12.7. The molecular weight excluding hydrogens is 264 g/mol. The SMILES string of the molecule is CCC1(C)CN(c2cnn(CCOC)c2)C(C(C)C)CN1. The van der Waals surface area contributed by atoms with Crippen LogP contribution in [0.4, 0.5) is 5.69 Å². The molecule has 0 bridgehead atoms. The van der Waals surface area contributed by atoms with Gasteiger partial charge in [-0.1, -0.05) is 20.8 Å². The van der Waals surface area contributed by atoms with Gasteiger partial charge in [-0.25, -0.2) is 0 Å². The lowest BCUT2D eigenvalue weighted by Crippen LogP contribution is -2.64. The van der Waals surface area contributed by atoms with E-state index in [1.807, 2.05) is 10.9 Å². The smallest absolute Gasteiger partial charge is 0.0756 e. The maximum Gasteiger partial charge on any atom is 0.0756 e. The second-order valence-corrected chi connectivity index (χ2v) is 6.69. The summed E-state index contributed by atoms with van der Waals surface area (Å²) in [5.41, 5.74) is 1.41. The Hall–Kier alpha value is -1.07. The topological polar surface area (TPSA) is 42.3 Å². The Balaban J connectivity index is 2.17. The number of ether oxygens (including phenoxy) is 1. The monoisotopic (exact) mass is 294 g/mol. The van der Waals surface area contributed by atoms with Crippen LogP contribution < -0.4 is 10.2 Å². The Labute approximate surface area is 128 Å². The average molecular weight is 294 g/mol. The Morgan fingerprint density at radius 2 is 2.29 bits per heavy atom. The zero-order valence-electron chi connectivity index (χ0n) is 14.1. The number of hydrogen-bond acceptors (Lipinski definition) is 4. The Bertz CT molecular complexity index is 445. The zero-order valence-corrected chi connectivity index (χ0v) is 14.1. The number of rotatable bonds is 6. The molecule has 2 unspecified atom stereocenters. The summed E-state index contributed by atoms with van der Waals surface area (Å²) in [6.07, 6.45) is 5.27. The van der Waals surface area contributed by atoms with E-state index < -0.39 is 0 Å². The fraction of sp³-hybridized carbons (Fsp3) is 0.812. The van der Waals surface area contributed by atoms with Crippen LogP contribution in [0.2, 0.25) is 0 Å². The van der Waals surface area contributed by atoms with Gasteiger partial charge in [0, 0.05) is 38.0 Å². The van der Waals surface area contributed by atoms with Crippen LogP contribution in [-0.2, 0) is 11.3 Å². The summed E-state index contributed by atoms with van der Waals surface area (Å²) >= 11 is 0. The van der Waals surface area contributed by atoms with E-state index in [9.17, 15) is 0 Å². The zero-order chi connectivity index (χ0) is 15.5. The van der Waals surface area contributed by atoms with Gasteiger partial charge in [0.05, 0.1) is 25.0 Å². The van der Waals surface area contributed by atoms with E-state index in [4.69, 9.17) is 4.74 Å². The third-order valence-electron chi connectivity index (χ3n) is 4.68. The largest absolute Gasteiger partial charge is 0.383 e. The van der Waals surface area contributed by atoms with Crippen molar-refractivity contribution in [2.45, 2.75) is 52.2 Å². The minimum absolute atomic E-state index is 0.181. The molecule has 1 aromatic rings. The summed E-state index contributed by atoms with van der Waals surface area (Å²) in [5, 5.41) is 8.20. The molecule has 5 heteroatoms. The Kier molecular flexibility index (Phi) is 5.27. The first-order chi connectivity index (χ1) is 9.99. The van der Waals surface area contributed by atoms with Crippen LogP contribution in [0, 0.1) is 5.92 Å². The third kappa shape index (κ3) is 3.77. The molecule has 120 valence electrons. The third-order valence-corrected chi connectivity index (χ3v) is 4.68. The fourth-order valence-corrected chi connectivity index (χ4v) is 2.93. The van der Waals surface area contributed by atoms with E-state index in [-0.39, 0.29) is 5.54 Å². The quantitative estimate of drug-likeness (QED) is 0.873. The van der Waals surface area contributed by atoms with E-state index in [0.717, 1.165) is 26.1 Å². The molecular formula is C16H30N4O. The van der Waals surface area contributed by atoms with Crippen molar-refractivity contribution in [2.24, 2.45) is 5.92 Å². The average Bonchev–Trinajstić information content (AvgIpc) is 2.93. The van der Waals surface area contributed by atoms with Crippen LogP contribution in [0.25, 0.3) is 0 Å². The molecule has 1 N–H and O–H groups in total. The van der Waals surface area contributed by atoms with Crippen molar-refractivity contribution in [3.8, 4) is 0 Å². The molecule has 0 aromatic carbocycles. The lowest BCUT2D eigenvalue weighted by molar-refractivity contribution is 0.183. The molecule has 2 atom stereocenters. The lowest BCUT2D eigenvalue weighted by Gasteiger charge is -2.48. The Morgan fingerprint density at radius 3 is 2.90 bits per heavy atom. The number of piperazine rings is 1. The standard InChI is InChI=1S/C16H30N4O/c1-6-16(4)12-20(15(10-17-16)13(2)3)14-9-18-19(11-14)7-8-21-5/h9,11,13,15,17H,6-8,10,12H2,1-5H3. The van der Waals surface area contributed by atoms with Crippen LogP contribution in [-0.4, -0.2) is 48.2 Å². The highest BCUT2D eigenvalue weighted by atomic mass is 16.5. The minimum Gasteiger partial charge on any atom is -0.383 e. The molecule has 1 aliphatic rings. The first-order valence-electron chi connectivity index (χ1n) is 8.02. The summed E-state index contributed by atoms with van der Waals surface area (Å²) in [4.78, 5) is 2.53. The molecule has 0 radical (unpaired) electrons. The van der Waals surface area contributed by atoms with Gasteiger partial charge in [0.25, 0.3) is 0 Å². The number of anilines is 1. The van der Waals surface area contributed by atoms with E-state index in [1.165, 1.54) is 5.69 Å². The molecule has 2 heterocycles. The molecule has 1 aliphatic heterocycles. The van der Waals surface area contributed by atoms with E-state index in [0.29, 0.717) is 18.6 Å². The van der Waals surface area contributed by atoms with Crippen molar-refractivity contribution in [1.82, 2.24) is 15.1 Å². The van der Waals surface area contributed by atoms with Crippen LogP contribution in [0.5, 0.6) is 0 Å². The molecule has 1 fully saturated rings. The van der Waals surface area contributed by atoms with Crippen LogP contribution >= 0.6 is 0 Å². The van der Waals surface area contributed by atoms with Gasteiger partial charge in [-0.3, -0.25) is 4.68 Å². The number of hydrogen-bond donors (Lipinski definition) is 1. The second-order valence-electron chi connectivity index (χ2n) is 6.69. The van der Waals surface area contributed by atoms with E-state index >= 15 is 0 Å². The first kappa shape index (κ1) is 16.3. The predicted molar refractivity (Wildman–Crippen MR) is 86.8 cm³/mol. The molecule has 5 nitrogen and oxygen atoms in total. The van der Waals surface area contributed by atoms with Crippen molar-refractivity contribution in [1.29, 1.82) is 0 Å². The summed E-state index contributed by atoms with van der Waals surface area (Å²) in [7, 11) is 1.72. The van der Waals surface area contributed by atoms with Gasteiger partial charge in [-0.15, -0.1) is 0 Å². The van der Waals surface area contributed by atoms with Gasteiger partial charge < -0.3 is 15.0 Å². The van der Waals surface area contributed by atoms with Crippen molar-refractivity contribution in [2.75, 3.05) is 31.7 Å². The highest BCUT2D eigenvalue weighted by Crippen LogP contribution is 2.28. The highest BCUT2D eigenvalue weighted by molar-refractivity contribution is 5.45. The van der Waals surface area contributed by atoms with Gasteiger partial charge >= 0.3 is 0 Å². The van der Waals surface area contributed by atoms with Crippen LogP contribution in [0.1, 0.15) is 34.1 Å². The van der Waals surface area contributed by atoms with Gasteiger partial charge in [0.1, 0.15) is 0 Å². The molecule has 2 rings (SSSR count). The van der Waals surface area contributed by atoms with Crippen molar-refractivity contribution < 1.29 is 4.74 Å². The van der Waals surface area contributed by atoms with Gasteiger partial charge in [0.2, 0.25) is 0 Å². The maximum atomic E-state index is 5.13. The normalized spacial score (nSPS) is 26.6. The maximum absolute atomic E-state index is 5.13. The predicted octanol–water partition coefficient (Wildman–Crippen LogP) is 2.13. The van der Waals surface area contributed by atoms with E-state index in [1.54, 1.807) is 7.11 Å². The highest BCUT2D eigenvalue weighted by Gasteiger charge is 2.36. The molecule has 21 heavy (non-hydrogen) atoms. The molecule has 1 aromatic heterocycles. The lowest BCUT2D eigenvalue weighted by atomic mass is 9.90. The van der Waals surface area contributed by atoms with E-state index in [2.05, 4.69) is 49.2 Å². The number of methoxy groups -OCH3 is 1. The Morgan fingerprint density at radius 1 is 1.52 bits per heavy atom.